The maximum atomic E-state index is 14.5. The van der Waals surface area contributed by atoms with Gasteiger partial charge in [0, 0.05) is 19.5 Å². The highest BCUT2D eigenvalue weighted by Crippen LogP contribution is 2.32. The van der Waals surface area contributed by atoms with Gasteiger partial charge in [-0.25, -0.2) is 12.8 Å². The molecule has 4 aromatic rings. The van der Waals surface area contributed by atoms with Crippen molar-refractivity contribution in [1.29, 1.82) is 0 Å². The van der Waals surface area contributed by atoms with E-state index in [9.17, 15) is 22.4 Å². The number of rotatable bonds is 15. The molecule has 0 aliphatic carbocycles. The van der Waals surface area contributed by atoms with Crippen molar-refractivity contribution in [2.24, 2.45) is 0 Å². The topological polar surface area (TPSA) is 96.0 Å². The van der Waals surface area contributed by atoms with Gasteiger partial charge < -0.3 is 15.0 Å². The van der Waals surface area contributed by atoms with Crippen molar-refractivity contribution >= 4 is 39.1 Å². The number of anilines is 1. The summed E-state index contributed by atoms with van der Waals surface area (Å²) >= 11 is 6.41. The molecule has 0 unspecified atom stereocenters. The fraction of sp³-hybridized carbons (Fsp3) is 0.257. The highest BCUT2D eigenvalue weighted by atomic mass is 35.5. The van der Waals surface area contributed by atoms with Gasteiger partial charge in [-0.05, 0) is 60.0 Å². The highest BCUT2D eigenvalue weighted by molar-refractivity contribution is 7.92. The first-order valence-corrected chi connectivity index (χ1v) is 16.7. The van der Waals surface area contributed by atoms with Gasteiger partial charge in [0.2, 0.25) is 11.8 Å². The minimum atomic E-state index is -4.28. The minimum Gasteiger partial charge on any atom is -0.495 e. The van der Waals surface area contributed by atoms with E-state index in [4.69, 9.17) is 16.3 Å². The molecular weight excluding hydrogens is 629 g/mol. The Morgan fingerprint density at radius 2 is 1.57 bits per heavy atom. The third-order valence-corrected chi connectivity index (χ3v) is 9.48. The van der Waals surface area contributed by atoms with Gasteiger partial charge in [0.05, 0.1) is 22.7 Å². The van der Waals surface area contributed by atoms with Crippen LogP contribution in [-0.4, -0.2) is 51.4 Å². The van der Waals surface area contributed by atoms with Crippen molar-refractivity contribution in [3.05, 3.63) is 125 Å². The lowest BCUT2D eigenvalue weighted by Gasteiger charge is -2.34. The molecule has 0 spiro atoms. The van der Waals surface area contributed by atoms with Gasteiger partial charge in [-0.3, -0.25) is 13.9 Å². The van der Waals surface area contributed by atoms with Crippen molar-refractivity contribution in [2.45, 2.75) is 43.7 Å². The second-order valence-electron chi connectivity index (χ2n) is 10.6. The normalized spacial score (nSPS) is 11.8. The summed E-state index contributed by atoms with van der Waals surface area (Å²) < 4.78 is 48.2. The number of hydrogen-bond acceptors (Lipinski definition) is 5. The summed E-state index contributed by atoms with van der Waals surface area (Å²) in [5.41, 5.74) is 1.52. The molecule has 0 aliphatic heterocycles. The van der Waals surface area contributed by atoms with Crippen LogP contribution in [0.2, 0.25) is 5.02 Å². The van der Waals surface area contributed by atoms with E-state index < -0.39 is 34.3 Å². The predicted octanol–water partition coefficient (Wildman–Crippen LogP) is 6.24. The fourth-order valence-corrected chi connectivity index (χ4v) is 6.58. The van der Waals surface area contributed by atoms with Crippen molar-refractivity contribution in [2.75, 3.05) is 24.5 Å². The number of carbonyl (C=O) groups excluding carboxylic acids is 2. The van der Waals surface area contributed by atoms with Crippen LogP contribution in [0.3, 0.4) is 0 Å². The van der Waals surface area contributed by atoms with E-state index in [2.05, 4.69) is 5.32 Å². The van der Waals surface area contributed by atoms with Gasteiger partial charge in [-0.15, -0.1) is 0 Å². The standard InChI is InChI=1S/C35H37ClFN3O5S/c1-3-4-21-38-35(42)32(22-26-11-7-5-8-12-26)39(24-27-15-17-28(37)18-16-27)34(41)25-40(29-19-20-33(45-2)31(36)23-29)46(43,44)30-13-9-6-10-14-30/h5-20,23,32H,3-4,21-22,24-25H2,1-2H3,(H,38,42)/t32-/m0/s1. The average molecular weight is 666 g/mol. The van der Waals surface area contributed by atoms with Crippen LogP contribution in [0.1, 0.15) is 30.9 Å². The van der Waals surface area contributed by atoms with Gasteiger partial charge in [0.15, 0.2) is 0 Å². The van der Waals surface area contributed by atoms with E-state index in [1.165, 1.54) is 66.6 Å². The quantitative estimate of drug-likeness (QED) is 0.152. The van der Waals surface area contributed by atoms with Crippen LogP contribution in [0, 0.1) is 5.82 Å². The zero-order chi connectivity index (χ0) is 33.1. The molecule has 0 bridgehead atoms. The smallest absolute Gasteiger partial charge is 0.264 e. The molecule has 2 amide bonds. The molecule has 0 fully saturated rings. The van der Waals surface area contributed by atoms with Crippen molar-refractivity contribution < 1.29 is 27.1 Å². The van der Waals surface area contributed by atoms with Gasteiger partial charge in [0.25, 0.3) is 10.0 Å². The number of carbonyl (C=O) groups is 2. The molecule has 4 rings (SSSR count). The Morgan fingerprint density at radius 1 is 0.913 bits per heavy atom. The van der Waals surface area contributed by atoms with Gasteiger partial charge in [-0.1, -0.05) is 85.6 Å². The van der Waals surface area contributed by atoms with Crippen LogP contribution in [0.25, 0.3) is 0 Å². The summed E-state index contributed by atoms with van der Waals surface area (Å²) in [6.45, 7) is 1.71. The molecule has 0 radical (unpaired) electrons. The zero-order valence-electron chi connectivity index (χ0n) is 25.7. The summed E-state index contributed by atoms with van der Waals surface area (Å²) in [5, 5.41) is 3.09. The number of nitrogens with one attached hydrogen (secondary N) is 1. The summed E-state index contributed by atoms with van der Waals surface area (Å²) in [4.78, 5) is 29.6. The highest BCUT2D eigenvalue weighted by Gasteiger charge is 2.34. The second-order valence-corrected chi connectivity index (χ2v) is 12.9. The molecule has 1 N–H and O–H groups in total. The molecule has 0 saturated carbocycles. The summed E-state index contributed by atoms with van der Waals surface area (Å²) in [6, 6.07) is 26.1. The number of unbranched alkanes of at least 4 members (excludes halogenated alkanes) is 1. The Balaban J connectivity index is 1.80. The Labute approximate surface area is 274 Å². The first-order chi connectivity index (χ1) is 22.1. The van der Waals surface area contributed by atoms with Crippen LogP contribution in [0.15, 0.2) is 108 Å². The van der Waals surface area contributed by atoms with E-state index in [0.29, 0.717) is 17.9 Å². The lowest BCUT2D eigenvalue weighted by atomic mass is 10.0. The third-order valence-electron chi connectivity index (χ3n) is 7.40. The van der Waals surface area contributed by atoms with E-state index in [-0.39, 0.29) is 34.5 Å². The van der Waals surface area contributed by atoms with Gasteiger partial charge in [0.1, 0.15) is 24.2 Å². The zero-order valence-corrected chi connectivity index (χ0v) is 27.3. The summed E-state index contributed by atoms with van der Waals surface area (Å²) in [5.74, 6) is -1.13. The van der Waals surface area contributed by atoms with Crippen molar-refractivity contribution in [3.8, 4) is 5.75 Å². The number of amides is 2. The van der Waals surface area contributed by atoms with E-state index in [1.54, 1.807) is 18.2 Å². The molecule has 0 saturated heterocycles. The van der Waals surface area contributed by atoms with Crippen molar-refractivity contribution in [1.82, 2.24) is 10.2 Å². The fourth-order valence-electron chi connectivity index (χ4n) is 4.91. The Hall–Kier alpha value is -4.41. The number of ether oxygens (including phenoxy) is 1. The molecule has 1 atom stereocenters. The number of sulfonamides is 1. The first kappa shape index (κ1) is 34.5. The number of nitrogens with zero attached hydrogens (tertiary/aromatic N) is 2. The van der Waals surface area contributed by atoms with Crippen LogP contribution >= 0.6 is 11.6 Å². The monoisotopic (exact) mass is 665 g/mol. The molecular formula is C35H37ClFN3O5S. The van der Waals surface area contributed by atoms with Crippen LogP contribution in [0.4, 0.5) is 10.1 Å². The number of benzene rings is 4. The predicted molar refractivity (Wildman–Crippen MR) is 178 cm³/mol. The Kier molecular flexibility index (Phi) is 12.2. The number of hydrogen-bond donors (Lipinski definition) is 1. The maximum absolute atomic E-state index is 14.5. The summed E-state index contributed by atoms with van der Waals surface area (Å²) in [6.07, 6.45) is 1.78. The number of halogens is 2. The molecule has 46 heavy (non-hydrogen) atoms. The average Bonchev–Trinajstić information content (AvgIpc) is 3.06. The molecule has 4 aromatic carbocycles. The minimum absolute atomic E-state index is 0.0297. The Bertz CT molecular complexity index is 1710. The lowest BCUT2D eigenvalue weighted by Crippen LogP contribution is -2.53. The largest absolute Gasteiger partial charge is 0.495 e. The van der Waals surface area contributed by atoms with Crippen LogP contribution in [-0.2, 0) is 32.6 Å². The first-order valence-electron chi connectivity index (χ1n) is 14.9. The lowest BCUT2D eigenvalue weighted by molar-refractivity contribution is -0.140. The molecule has 8 nitrogen and oxygen atoms in total. The van der Waals surface area contributed by atoms with E-state index in [0.717, 1.165) is 22.7 Å². The number of methoxy groups -OCH3 is 1. The molecule has 11 heteroatoms. The molecule has 242 valence electrons. The van der Waals surface area contributed by atoms with E-state index in [1.807, 2.05) is 37.3 Å². The third kappa shape index (κ3) is 8.86. The van der Waals surface area contributed by atoms with Crippen LogP contribution in [0.5, 0.6) is 5.75 Å². The van der Waals surface area contributed by atoms with E-state index >= 15 is 0 Å². The molecule has 0 heterocycles. The van der Waals surface area contributed by atoms with Gasteiger partial charge >= 0.3 is 0 Å². The molecule has 0 aliphatic rings. The summed E-state index contributed by atoms with van der Waals surface area (Å²) in [7, 11) is -2.84. The van der Waals surface area contributed by atoms with Gasteiger partial charge in [-0.2, -0.15) is 0 Å². The second kappa shape index (κ2) is 16.2. The SMILES string of the molecule is CCCCNC(=O)[C@H](Cc1ccccc1)N(Cc1ccc(F)cc1)C(=O)CN(c1ccc(OC)c(Cl)c1)S(=O)(=O)c1ccccc1. The van der Waals surface area contributed by atoms with Crippen LogP contribution < -0.4 is 14.4 Å². The van der Waals surface area contributed by atoms with Crippen molar-refractivity contribution in [3.63, 3.8) is 0 Å². The molecule has 0 aromatic heterocycles. The Morgan fingerprint density at radius 3 is 2.17 bits per heavy atom. The maximum Gasteiger partial charge on any atom is 0.264 e.